The number of hydrogen-bond acceptors (Lipinski definition) is 9. The van der Waals surface area contributed by atoms with Gasteiger partial charge in [-0.2, -0.15) is 0 Å². The Morgan fingerprint density at radius 2 is 1.63 bits per heavy atom. The van der Waals surface area contributed by atoms with Gasteiger partial charge in [-0.25, -0.2) is 4.39 Å². The molecule has 3 rings (SSSR count). The number of carbonyl (C=O) groups is 1. The number of ether oxygens (including phenoxy) is 4. The monoisotopic (exact) mass is 434 g/mol. The molecule has 30 heavy (non-hydrogen) atoms. The minimum absolute atomic E-state index is 0.0311. The zero-order valence-electron chi connectivity index (χ0n) is 16.7. The van der Waals surface area contributed by atoms with Crippen LogP contribution in [0.3, 0.4) is 0 Å². The van der Waals surface area contributed by atoms with Crippen LogP contribution in [-0.2, 0) is 0 Å². The molecule has 0 atom stereocenters. The average Bonchev–Trinajstić information content (AvgIpc) is 3.25. The maximum Gasteiger partial charge on any atom is 0.277 e. The Bertz CT molecular complexity index is 1030. The maximum absolute atomic E-state index is 13.5. The molecule has 3 aromatic rings. The van der Waals surface area contributed by atoms with E-state index in [1.54, 1.807) is 12.1 Å². The smallest absolute Gasteiger partial charge is 0.277 e. The number of benzene rings is 2. The first-order valence-corrected chi connectivity index (χ1v) is 9.62. The van der Waals surface area contributed by atoms with Gasteiger partial charge in [-0.05, 0) is 30.3 Å². The first kappa shape index (κ1) is 21.4. The van der Waals surface area contributed by atoms with Crippen molar-refractivity contribution < 1.29 is 32.5 Å². The molecule has 0 saturated heterocycles. The van der Waals surface area contributed by atoms with Gasteiger partial charge in [-0.15, -0.1) is 10.2 Å². The van der Waals surface area contributed by atoms with Crippen LogP contribution in [0.25, 0.3) is 11.5 Å². The van der Waals surface area contributed by atoms with Crippen molar-refractivity contribution in [2.75, 3.05) is 34.2 Å². The summed E-state index contributed by atoms with van der Waals surface area (Å²) in [6.07, 6.45) is 0. The second-order valence-corrected chi connectivity index (χ2v) is 6.77. The molecule has 0 unspecified atom stereocenters. The topological polar surface area (TPSA) is 92.9 Å². The van der Waals surface area contributed by atoms with E-state index in [1.165, 1.54) is 40.6 Å². The van der Waals surface area contributed by atoms with Crippen molar-refractivity contribution >= 4 is 17.5 Å². The van der Waals surface area contributed by atoms with Gasteiger partial charge in [0.2, 0.25) is 11.6 Å². The number of rotatable bonds is 9. The molecular formula is C20H19FN2O6S. The molecule has 0 aliphatic carbocycles. The van der Waals surface area contributed by atoms with Gasteiger partial charge in [-0.1, -0.05) is 11.8 Å². The zero-order valence-corrected chi connectivity index (χ0v) is 17.5. The Labute approximate surface area is 176 Å². The second kappa shape index (κ2) is 9.49. The highest BCUT2D eigenvalue weighted by Crippen LogP contribution is 2.41. The van der Waals surface area contributed by atoms with Crippen LogP contribution in [0.1, 0.15) is 10.4 Å². The summed E-state index contributed by atoms with van der Waals surface area (Å²) < 4.78 is 40.2. The largest absolute Gasteiger partial charge is 0.496 e. The molecule has 0 aliphatic heterocycles. The molecule has 0 bridgehead atoms. The van der Waals surface area contributed by atoms with Crippen molar-refractivity contribution in [3.05, 3.63) is 41.7 Å². The number of methoxy groups -OCH3 is 4. The van der Waals surface area contributed by atoms with Crippen LogP contribution < -0.4 is 18.9 Å². The first-order chi connectivity index (χ1) is 14.5. The lowest BCUT2D eigenvalue weighted by molar-refractivity contribution is 0.101. The second-order valence-electron chi connectivity index (χ2n) is 5.84. The van der Waals surface area contributed by atoms with E-state index in [1.807, 2.05) is 0 Å². The summed E-state index contributed by atoms with van der Waals surface area (Å²) in [7, 11) is 5.93. The van der Waals surface area contributed by atoms with Gasteiger partial charge in [0.1, 0.15) is 11.6 Å². The van der Waals surface area contributed by atoms with Crippen LogP contribution in [0.15, 0.2) is 40.0 Å². The molecule has 1 heterocycles. The van der Waals surface area contributed by atoms with Crippen molar-refractivity contribution in [1.29, 1.82) is 0 Å². The van der Waals surface area contributed by atoms with Crippen molar-refractivity contribution in [3.8, 4) is 34.5 Å². The van der Waals surface area contributed by atoms with E-state index in [0.29, 0.717) is 28.6 Å². The number of carbonyl (C=O) groups excluding carboxylic acids is 1. The summed E-state index contributed by atoms with van der Waals surface area (Å²) in [5, 5.41) is 8.14. The lowest BCUT2D eigenvalue weighted by Gasteiger charge is -2.12. The third-order valence-corrected chi connectivity index (χ3v) is 4.93. The fraction of sp³-hybridized carbons (Fsp3) is 0.250. The summed E-state index contributed by atoms with van der Waals surface area (Å²) in [6.45, 7) is 0. The number of aromatic nitrogens is 2. The molecule has 8 nitrogen and oxygen atoms in total. The van der Waals surface area contributed by atoms with Crippen molar-refractivity contribution in [3.63, 3.8) is 0 Å². The molecule has 0 aliphatic rings. The summed E-state index contributed by atoms with van der Waals surface area (Å²) in [5.41, 5.74) is 0.705. The molecular weight excluding hydrogens is 415 g/mol. The molecule has 2 aromatic carbocycles. The highest BCUT2D eigenvalue weighted by molar-refractivity contribution is 7.99. The van der Waals surface area contributed by atoms with Crippen molar-refractivity contribution in [2.24, 2.45) is 0 Å². The van der Waals surface area contributed by atoms with E-state index in [4.69, 9.17) is 23.4 Å². The van der Waals surface area contributed by atoms with E-state index in [-0.39, 0.29) is 28.2 Å². The van der Waals surface area contributed by atoms with E-state index >= 15 is 0 Å². The fourth-order valence-corrected chi connectivity index (χ4v) is 3.34. The van der Waals surface area contributed by atoms with Gasteiger partial charge in [0, 0.05) is 5.56 Å². The summed E-state index contributed by atoms with van der Waals surface area (Å²) in [6, 6.07) is 7.11. The van der Waals surface area contributed by atoms with Crippen molar-refractivity contribution in [1.82, 2.24) is 10.2 Å². The van der Waals surface area contributed by atoms with E-state index in [2.05, 4.69) is 10.2 Å². The summed E-state index contributed by atoms with van der Waals surface area (Å²) in [5.74, 6) is 0.943. The van der Waals surface area contributed by atoms with Gasteiger partial charge in [0.25, 0.3) is 5.22 Å². The normalized spacial score (nSPS) is 10.6. The zero-order chi connectivity index (χ0) is 21.7. The van der Waals surface area contributed by atoms with Gasteiger partial charge in [0.05, 0.1) is 39.8 Å². The lowest BCUT2D eigenvalue weighted by Crippen LogP contribution is -2.05. The Morgan fingerprint density at radius 1 is 0.967 bits per heavy atom. The standard InChI is InChI=1S/C20H19FN2O6S/c1-25-15-6-5-12(21)9-13(15)14(24)10-30-20-23-22-19(29-20)11-7-16(26-2)18(28-4)17(8-11)27-3/h5-9H,10H2,1-4H3. The van der Waals surface area contributed by atoms with Crippen LogP contribution in [-0.4, -0.2) is 50.2 Å². The van der Waals surface area contributed by atoms with Crippen LogP contribution in [0.2, 0.25) is 0 Å². The van der Waals surface area contributed by atoms with Gasteiger partial charge >= 0.3 is 0 Å². The fourth-order valence-electron chi connectivity index (χ4n) is 2.69. The van der Waals surface area contributed by atoms with Crippen LogP contribution in [0.4, 0.5) is 4.39 Å². The average molecular weight is 434 g/mol. The third kappa shape index (κ3) is 4.48. The number of thioether (sulfide) groups is 1. The predicted octanol–water partition coefficient (Wildman–Crippen LogP) is 3.89. The predicted molar refractivity (Wildman–Crippen MR) is 107 cm³/mol. The Kier molecular flexibility index (Phi) is 6.78. The van der Waals surface area contributed by atoms with Gasteiger partial charge in [0.15, 0.2) is 17.3 Å². The minimum Gasteiger partial charge on any atom is -0.496 e. The molecule has 0 fully saturated rings. The van der Waals surface area contributed by atoms with Crippen LogP contribution in [0.5, 0.6) is 23.0 Å². The highest BCUT2D eigenvalue weighted by Gasteiger charge is 2.19. The lowest BCUT2D eigenvalue weighted by atomic mass is 10.1. The maximum atomic E-state index is 13.5. The molecule has 0 N–H and O–H groups in total. The Balaban J connectivity index is 1.78. The van der Waals surface area contributed by atoms with Crippen LogP contribution >= 0.6 is 11.8 Å². The number of ketones is 1. The number of nitrogens with zero attached hydrogens (tertiary/aromatic N) is 2. The Morgan fingerprint density at radius 3 is 2.23 bits per heavy atom. The summed E-state index contributed by atoms with van der Waals surface area (Å²) >= 11 is 1.04. The third-order valence-electron chi connectivity index (χ3n) is 4.11. The highest BCUT2D eigenvalue weighted by atomic mass is 32.2. The van der Waals surface area contributed by atoms with Crippen LogP contribution in [0, 0.1) is 5.82 Å². The molecule has 0 radical (unpaired) electrons. The SMILES string of the molecule is COc1ccc(F)cc1C(=O)CSc1nnc(-c2cc(OC)c(OC)c(OC)c2)o1. The number of hydrogen-bond donors (Lipinski definition) is 0. The quantitative estimate of drug-likeness (QED) is 0.367. The molecule has 1 aromatic heterocycles. The molecule has 158 valence electrons. The van der Waals surface area contributed by atoms with E-state index < -0.39 is 5.82 Å². The number of halogens is 1. The molecule has 0 spiro atoms. The molecule has 0 saturated carbocycles. The molecule has 0 amide bonds. The van der Waals surface area contributed by atoms with Gasteiger partial charge < -0.3 is 23.4 Å². The summed E-state index contributed by atoms with van der Waals surface area (Å²) in [4.78, 5) is 12.5. The van der Waals surface area contributed by atoms with E-state index in [9.17, 15) is 9.18 Å². The van der Waals surface area contributed by atoms with Gasteiger partial charge in [-0.3, -0.25) is 4.79 Å². The number of Topliss-reactive ketones (excluding diaryl/α,β-unsaturated/α-hetero) is 1. The Hall–Kier alpha value is -3.27. The van der Waals surface area contributed by atoms with Crippen molar-refractivity contribution in [2.45, 2.75) is 5.22 Å². The first-order valence-electron chi connectivity index (χ1n) is 8.64. The molecule has 10 heteroatoms. The van der Waals surface area contributed by atoms with E-state index in [0.717, 1.165) is 17.8 Å². The minimum atomic E-state index is -0.522.